The zero-order valence-electron chi connectivity index (χ0n) is 8.74. The molecule has 0 bridgehead atoms. The molecule has 0 aliphatic rings. The summed E-state index contributed by atoms with van der Waals surface area (Å²) in [5.41, 5.74) is -0.107. The predicted molar refractivity (Wildman–Crippen MR) is 61.7 cm³/mol. The van der Waals surface area contributed by atoms with Gasteiger partial charge in [0.25, 0.3) is 5.56 Å². The van der Waals surface area contributed by atoms with E-state index < -0.39 is 0 Å². The van der Waals surface area contributed by atoms with Gasteiger partial charge in [-0.1, -0.05) is 0 Å². The van der Waals surface area contributed by atoms with Crippen LogP contribution in [-0.2, 0) is 11.3 Å². The fourth-order valence-corrected chi connectivity index (χ4v) is 1.50. The average Bonchev–Trinajstić information content (AvgIpc) is 2.19. The van der Waals surface area contributed by atoms with E-state index in [2.05, 4.69) is 15.9 Å². The average molecular weight is 273 g/mol. The lowest BCUT2D eigenvalue weighted by Gasteiger charge is -2.10. The Bertz CT molecular complexity index is 412. The van der Waals surface area contributed by atoms with Crippen LogP contribution in [0.4, 0.5) is 0 Å². The smallest absolute Gasteiger partial charge is 0.264 e. The number of aryl methyl sites for hydroxylation is 1. The number of carbonyl (C=O) groups excluding carboxylic acids is 1. The SMILES string of the molecule is CN(C)C(=O)CCn1cccc(Br)c1=O. The molecule has 0 unspecified atom stereocenters. The van der Waals surface area contributed by atoms with E-state index in [1.54, 1.807) is 32.4 Å². The van der Waals surface area contributed by atoms with Crippen molar-refractivity contribution in [2.45, 2.75) is 13.0 Å². The second-order valence-corrected chi connectivity index (χ2v) is 4.25. The standard InChI is InChI=1S/C10H13BrN2O2/c1-12(2)9(14)5-7-13-6-3-4-8(11)10(13)15/h3-4,6H,5,7H2,1-2H3. The van der Waals surface area contributed by atoms with E-state index in [0.717, 1.165) is 0 Å². The highest BCUT2D eigenvalue weighted by Crippen LogP contribution is 2.01. The number of rotatable bonds is 3. The second kappa shape index (κ2) is 5.11. The summed E-state index contributed by atoms with van der Waals surface area (Å²) in [7, 11) is 3.40. The zero-order valence-corrected chi connectivity index (χ0v) is 10.3. The third-order valence-electron chi connectivity index (χ3n) is 2.04. The quantitative estimate of drug-likeness (QED) is 0.827. The van der Waals surface area contributed by atoms with Gasteiger partial charge in [0.2, 0.25) is 5.91 Å². The highest BCUT2D eigenvalue weighted by Gasteiger charge is 2.05. The number of hydrogen-bond donors (Lipinski definition) is 0. The molecule has 0 fully saturated rings. The van der Waals surface area contributed by atoms with Crippen molar-refractivity contribution in [1.29, 1.82) is 0 Å². The molecule has 5 heteroatoms. The molecule has 0 atom stereocenters. The van der Waals surface area contributed by atoms with E-state index in [-0.39, 0.29) is 11.5 Å². The minimum absolute atomic E-state index is 0.0156. The number of amides is 1. The second-order valence-electron chi connectivity index (χ2n) is 3.39. The largest absolute Gasteiger partial charge is 0.349 e. The Morgan fingerprint density at radius 1 is 1.53 bits per heavy atom. The van der Waals surface area contributed by atoms with Crippen molar-refractivity contribution in [1.82, 2.24) is 9.47 Å². The molecule has 0 radical (unpaired) electrons. The predicted octanol–water partition coefficient (Wildman–Crippen LogP) is 1.09. The van der Waals surface area contributed by atoms with Crippen molar-refractivity contribution in [3.8, 4) is 0 Å². The summed E-state index contributed by atoms with van der Waals surface area (Å²) >= 11 is 3.15. The first-order valence-electron chi connectivity index (χ1n) is 4.57. The number of halogens is 1. The lowest BCUT2D eigenvalue weighted by Crippen LogP contribution is -2.26. The Kier molecular flexibility index (Phi) is 4.08. The van der Waals surface area contributed by atoms with Gasteiger partial charge >= 0.3 is 0 Å². The molecule has 0 aliphatic carbocycles. The van der Waals surface area contributed by atoms with Crippen LogP contribution < -0.4 is 5.56 Å². The molecule has 1 heterocycles. The third kappa shape index (κ3) is 3.20. The van der Waals surface area contributed by atoms with Crippen LogP contribution >= 0.6 is 15.9 Å². The maximum Gasteiger partial charge on any atom is 0.264 e. The van der Waals surface area contributed by atoms with Crippen LogP contribution in [0, 0.1) is 0 Å². The lowest BCUT2D eigenvalue weighted by atomic mass is 10.3. The number of hydrogen-bond acceptors (Lipinski definition) is 2. The van der Waals surface area contributed by atoms with E-state index in [9.17, 15) is 9.59 Å². The molecule has 15 heavy (non-hydrogen) atoms. The van der Waals surface area contributed by atoms with Crippen molar-refractivity contribution >= 4 is 21.8 Å². The molecule has 1 aromatic heterocycles. The molecular weight excluding hydrogens is 260 g/mol. The van der Waals surface area contributed by atoms with Gasteiger partial charge in [0.1, 0.15) is 0 Å². The topological polar surface area (TPSA) is 42.3 Å². The fraction of sp³-hybridized carbons (Fsp3) is 0.400. The van der Waals surface area contributed by atoms with E-state index in [0.29, 0.717) is 17.4 Å². The maximum absolute atomic E-state index is 11.5. The van der Waals surface area contributed by atoms with Crippen LogP contribution in [0.5, 0.6) is 0 Å². The minimum Gasteiger partial charge on any atom is -0.349 e. The summed E-state index contributed by atoms with van der Waals surface area (Å²) in [6.07, 6.45) is 2.01. The van der Waals surface area contributed by atoms with Gasteiger partial charge < -0.3 is 9.47 Å². The number of carbonyl (C=O) groups is 1. The van der Waals surface area contributed by atoms with Crippen LogP contribution in [0.25, 0.3) is 0 Å². The first-order chi connectivity index (χ1) is 7.02. The van der Waals surface area contributed by atoms with E-state index in [1.165, 1.54) is 9.47 Å². The number of nitrogens with zero attached hydrogens (tertiary/aromatic N) is 2. The van der Waals surface area contributed by atoms with Gasteiger partial charge in [-0.25, -0.2) is 0 Å². The molecule has 0 N–H and O–H groups in total. The molecule has 0 aliphatic heterocycles. The molecule has 82 valence electrons. The van der Waals surface area contributed by atoms with E-state index in [4.69, 9.17) is 0 Å². The van der Waals surface area contributed by atoms with Gasteiger partial charge in [-0.2, -0.15) is 0 Å². The molecule has 0 spiro atoms. The van der Waals surface area contributed by atoms with Crippen LogP contribution in [0.2, 0.25) is 0 Å². The Morgan fingerprint density at radius 3 is 2.80 bits per heavy atom. The van der Waals surface area contributed by atoms with Crippen molar-refractivity contribution < 1.29 is 4.79 Å². The Labute approximate surface area is 96.6 Å². The van der Waals surface area contributed by atoms with Gasteiger partial charge in [-0.15, -0.1) is 0 Å². The maximum atomic E-state index is 11.5. The van der Waals surface area contributed by atoms with E-state index in [1.807, 2.05) is 0 Å². The Morgan fingerprint density at radius 2 is 2.20 bits per heavy atom. The summed E-state index contributed by atoms with van der Waals surface area (Å²) < 4.78 is 2.04. The molecule has 4 nitrogen and oxygen atoms in total. The Hall–Kier alpha value is -1.10. The van der Waals surface area contributed by atoms with Crippen molar-refractivity contribution in [2.75, 3.05) is 14.1 Å². The molecular formula is C10H13BrN2O2. The first kappa shape index (κ1) is 12.0. The van der Waals surface area contributed by atoms with Crippen LogP contribution in [0.15, 0.2) is 27.6 Å². The first-order valence-corrected chi connectivity index (χ1v) is 5.37. The van der Waals surface area contributed by atoms with Crippen molar-refractivity contribution in [2.24, 2.45) is 0 Å². The molecule has 1 amide bonds. The van der Waals surface area contributed by atoms with Gasteiger partial charge in [0.05, 0.1) is 4.47 Å². The highest BCUT2D eigenvalue weighted by molar-refractivity contribution is 9.10. The van der Waals surface area contributed by atoms with Crippen LogP contribution in [-0.4, -0.2) is 29.5 Å². The zero-order chi connectivity index (χ0) is 11.4. The normalized spacial score (nSPS) is 10.1. The van der Waals surface area contributed by atoms with Crippen LogP contribution in [0.3, 0.4) is 0 Å². The van der Waals surface area contributed by atoms with Crippen molar-refractivity contribution in [3.05, 3.63) is 33.2 Å². The van der Waals surface area contributed by atoms with Gasteiger partial charge in [0, 0.05) is 33.3 Å². The van der Waals surface area contributed by atoms with Gasteiger partial charge in [0.15, 0.2) is 0 Å². The Balaban J connectivity index is 2.70. The van der Waals surface area contributed by atoms with Crippen molar-refractivity contribution in [3.63, 3.8) is 0 Å². The summed E-state index contributed by atoms with van der Waals surface area (Å²) in [6.45, 7) is 0.412. The number of aromatic nitrogens is 1. The molecule has 1 aromatic rings. The molecule has 0 saturated carbocycles. The van der Waals surface area contributed by atoms with Crippen LogP contribution in [0.1, 0.15) is 6.42 Å². The summed E-state index contributed by atoms with van der Waals surface area (Å²) in [5.74, 6) is 0.0156. The monoisotopic (exact) mass is 272 g/mol. The summed E-state index contributed by atoms with van der Waals surface area (Å²) in [4.78, 5) is 24.4. The molecule has 1 rings (SSSR count). The number of pyridine rings is 1. The summed E-state index contributed by atoms with van der Waals surface area (Å²) in [5, 5.41) is 0. The summed E-state index contributed by atoms with van der Waals surface area (Å²) in [6, 6.07) is 3.46. The van der Waals surface area contributed by atoms with Gasteiger partial charge in [-0.3, -0.25) is 9.59 Å². The fourth-order valence-electron chi connectivity index (χ4n) is 1.12. The highest BCUT2D eigenvalue weighted by atomic mass is 79.9. The van der Waals surface area contributed by atoms with Gasteiger partial charge in [-0.05, 0) is 28.1 Å². The van der Waals surface area contributed by atoms with E-state index >= 15 is 0 Å². The minimum atomic E-state index is -0.107. The lowest BCUT2D eigenvalue weighted by molar-refractivity contribution is -0.128. The third-order valence-corrected chi connectivity index (χ3v) is 2.64. The molecule has 0 aromatic carbocycles. The molecule has 0 saturated heterocycles.